The van der Waals surface area contributed by atoms with E-state index in [0.717, 1.165) is 70.8 Å². The normalized spacial score (nSPS) is 24.6. The van der Waals surface area contributed by atoms with Gasteiger partial charge in [-0.2, -0.15) is 0 Å². The first-order chi connectivity index (χ1) is 14.9. The molecule has 3 amide bonds. The number of imide groups is 1. The van der Waals surface area contributed by atoms with Crippen molar-refractivity contribution in [1.82, 2.24) is 10.6 Å². The van der Waals surface area contributed by atoms with E-state index >= 15 is 0 Å². The minimum absolute atomic E-state index is 0.00685. The van der Waals surface area contributed by atoms with Crippen molar-refractivity contribution in [1.29, 1.82) is 0 Å². The summed E-state index contributed by atoms with van der Waals surface area (Å²) in [4.78, 5) is 35.2. The van der Waals surface area contributed by atoms with Gasteiger partial charge in [0, 0.05) is 13.0 Å². The molecule has 31 heavy (non-hydrogen) atoms. The number of nitrogens with one attached hydrogen (secondary N) is 2. The monoisotopic (exact) mass is 440 g/mol. The number of carboxylic acids is 1. The highest BCUT2D eigenvalue weighted by molar-refractivity contribution is 6.06. The molecule has 2 aliphatic rings. The topological polar surface area (TPSA) is 114 Å². The largest absolute Gasteiger partial charge is 0.481 e. The van der Waals surface area contributed by atoms with Crippen molar-refractivity contribution in [3.8, 4) is 0 Å². The van der Waals surface area contributed by atoms with E-state index in [9.17, 15) is 14.4 Å². The maximum atomic E-state index is 12.6. The van der Waals surface area contributed by atoms with E-state index < -0.39 is 17.5 Å². The van der Waals surface area contributed by atoms with Gasteiger partial charge in [-0.25, -0.2) is 4.79 Å². The first-order valence-electron chi connectivity index (χ1n) is 12.1. The number of rotatable bonds is 16. The van der Waals surface area contributed by atoms with Gasteiger partial charge in [-0.3, -0.25) is 14.9 Å². The average Bonchev–Trinajstić information content (AvgIpc) is 3.02. The fraction of sp³-hybridized carbons (Fsp3) is 0.870. The third-order valence-corrected chi connectivity index (χ3v) is 6.26. The standard InChI is InChI=1S/C23H40N2O6/c1-2-3-6-11-18(31-20-13-8-10-17-30-20)14-16-23(21(28)24-22(29)25-23)15-9-5-4-7-12-19(26)27/h18,20H,2-17H2,1H3,(H,26,27)(H2,24,25,28,29). The van der Waals surface area contributed by atoms with E-state index in [1.165, 1.54) is 0 Å². The third-order valence-electron chi connectivity index (χ3n) is 6.26. The third kappa shape index (κ3) is 9.15. The van der Waals surface area contributed by atoms with Crippen LogP contribution in [0.5, 0.6) is 0 Å². The van der Waals surface area contributed by atoms with Crippen molar-refractivity contribution in [2.75, 3.05) is 6.61 Å². The van der Waals surface area contributed by atoms with Gasteiger partial charge >= 0.3 is 12.0 Å². The predicted molar refractivity (Wildman–Crippen MR) is 117 cm³/mol. The maximum absolute atomic E-state index is 12.6. The fourth-order valence-corrected chi connectivity index (χ4v) is 4.40. The smallest absolute Gasteiger partial charge is 0.322 e. The van der Waals surface area contributed by atoms with E-state index in [4.69, 9.17) is 14.6 Å². The number of hydrogen-bond donors (Lipinski definition) is 3. The van der Waals surface area contributed by atoms with Crippen LogP contribution in [0.15, 0.2) is 0 Å². The van der Waals surface area contributed by atoms with Crippen LogP contribution in [-0.2, 0) is 19.1 Å². The van der Waals surface area contributed by atoms with Gasteiger partial charge in [0.25, 0.3) is 5.91 Å². The molecule has 2 aliphatic heterocycles. The molecular formula is C23H40N2O6. The van der Waals surface area contributed by atoms with Gasteiger partial charge in [0.1, 0.15) is 5.54 Å². The molecule has 0 spiro atoms. The molecular weight excluding hydrogens is 400 g/mol. The highest BCUT2D eigenvalue weighted by Gasteiger charge is 2.45. The van der Waals surface area contributed by atoms with Gasteiger partial charge in [-0.05, 0) is 51.4 Å². The van der Waals surface area contributed by atoms with E-state index in [-0.39, 0.29) is 24.7 Å². The first kappa shape index (κ1) is 25.6. The van der Waals surface area contributed by atoms with Crippen LogP contribution in [0.3, 0.4) is 0 Å². The number of aliphatic carboxylic acids is 1. The number of urea groups is 1. The molecule has 3 unspecified atom stereocenters. The van der Waals surface area contributed by atoms with Gasteiger partial charge in [0.2, 0.25) is 0 Å². The van der Waals surface area contributed by atoms with E-state index in [0.29, 0.717) is 25.7 Å². The highest BCUT2D eigenvalue weighted by Crippen LogP contribution is 2.29. The highest BCUT2D eigenvalue weighted by atomic mass is 16.7. The SMILES string of the molecule is CCCCCC(CCC1(CCCCCCC(=O)O)NC(=O)NC1=O)OC1CCCCO1. The Balaban J connectivity index is 1.89. The van der Waals surface area contributed by atoms with E-state index in [2.05, 4.69) is 17.6 Å². The Kier molecular flexibility index (Phi) is 11.3. The Morgan fingerprint density at radius 1 is 1.13 bits per heavy atom. The summed E-state index contributed by atoms with van der Waals surface area (Å²) in [6.07, 6.45) is 12.2. The Morgan fingerprint density at radius 3 is 2.58 bits per heavy atom. The van der Waals surface area contributed by atoms with Gasteiger partial charge < -0.3 is 19.9 Å². The summed E-state index contributed by atoms with van der Waals surface area (Å²) >= 11 is 0. The number of amides is 3. The zero-order valence-corrected chi connectivity index (χ0v) is 19.0. The molecule has 2 fully saturated rings. The van der Waals surface area contributed by atoms with Crippen LogP contribution in [0.2, 0.25) is 0 Å². The van der Waals surface area contributed by atoms with Crippen LogP contribution in [0.4, 0.5) is 4.79 Å². The van der Waals surface area contributed by atoms with Gasteiger partial charge in [-0.1, -0.05) is 45.4 Å². The molecule has 0 saturated carbocycles. The van der Waals surface area contributed by atoms with Crippen molar-refractivity contribution in [2.45, 2.75) is 121 Å². The summed E-state index contributed by atoms with van der Waals surface area (Å²) in [6, 6.07) is -0.435. The van der Waals surface area contributed by atoms with Gasteiger partial charge in [0.15, 0.2) is 6.29 Å². The molecule has 8 heteroatoms. The zero-order valence-electron chi connectivity index (χ0n) is 19.0. The number of hydrogen-bond acceptors (Lipinski definition) is 5. The molecule has 2 rings (SSSR count). The number of ether oxygens (including phenoxy) is 2. The summed E-state index contributed by atoms with van der Waals surface area (Å²) in [5.74, 6) is -1.04. The van der Waals surface area contributed by atoms with Crippen LogP contribution < -0.4 is 10.6 Å². The number of carbonyl (C=O) groups is 3. The zero-order chi connectivity index (χ0) is 22.5. The molecule has 2 heterocycles. The molecule has 0 aromatic carbocycles. The summed E-state index contributed by atoms with van der Waals surface area (Å²) in [5.41, 5.74) is -0.899. The van der Waals surface area contributed by atoms with Crippen molar-refractivity contribution >= 4 is 17.9 Å². The molecule has 3 atom stereocenters. The average molecular weight is 441 g/mol. The second-order valence-electron chi connectivity index (χ2n) is 8.89. The lowest BCUT2D eigenvalue weighted by Gasteiger charge is -2.31. The fourth-order valence-electron chi connectivity index (χ4n) is 4.40. The minimum Gasteiger partial charge on any atom is -0.481 e. The Labute approximate surface area is 185 Å². The Morgan fingerprint density at radius 2 is 1.94 bits per heavy atom. The van der Waals surface area contributed by atoms with Crippen molar-refractivity contribution in [3.05, 3.63) is 0 Å². The Hall–Kier alpha value is -1.67. The second kappa shape index (κ2) is 13.7. The quantitative estimate of drug-likeness (QED) is 0.244. The van der Waals surface area contributed by atoms with Gasteiger partial charge in [0.05, 0.1) is 6.10 Å². The Bertz CT molecular complexity index is 578. The van der Waals surface area contributed by atoms with Crippen LogP contribution in [0.25, 0.3) is 0 Å². The molecule has 2 saturated heterocycles. The van der Waals surface area contributed by atoms with Crippen LogP contribution >= 0.6 is 0 Å². The number of unbranched alkanes of at least 4 members (excludes halogenated alkanes) is 5. The molecule has 0 aromatic rings. The van der Waals surface area contributed by atoms with Crippen molar-refractivity contribution < 1.29 is 29.0 Å². The first-order valence-corrected chi connectivity index (χ1v) is 12.1. The molecule has 3 N–H and O–H groups in total. The summed E-state index contributed by atoms with van der Waals surface area (Å²) < 4.78 is 12.0. The van der Waals surface area contributed by atoms with Crippen LogP contribution in [0, 0.1) is 0 Å². The van der Waals surface area contributed by atoms with E-state index in [1.54, 1.807) is 0 Å². The van der Waals surface area contributed by atoms with E-state index in [1.807, 2.05) is 0 Å². The second-order valence-corrected chi connectivity index (χ2v) is 8.89. The lowest BCUT2D eigenvalue weighted by atomic mass is 9.85. The summed E-state index contributed by atoms with van der Waals surface area (Å²) in [7, 11) is 0. The molecule has 8 nitrogen and oxygen atoms in total. The summed E-state index contributed by atoms with van der Waals surface area (Å²) in [5, 5.41) is 14.0. The van der Waals surface area contributed by atoms with Gasteiger partial charge in [-0.15, -0.1) is 0 Å². The summed E-state index contributed by atoms with van der Waals surface area (Å²) in [6.45, 7) is 2.90. The lowest BCUT2D eigenvalue weighted by Crippen LogP contribution is -2.47. The lowest BCUT2D eigenvalue weighted by molar-refractivity contribution is -0.191. The molecule has 0 bridgehead atoms. The van der Waals surface area contributed by atoms with Crippen LogP contribution in [0.1, 0.15) is 103 Å². The van der Waals surface area contributed by atoms with Crippen molar-refractivity contribution in [3.63, 3.8) is 0 Å². The van der Waals surface area contributed by atoms with Crippen LogP contribution in [-0.4, -0.2) is 47.6 Å². The molecule has 0 aliphatic carbocycles. The minimum atomic E-state index is -0.899. The number of carbonyl (C=O) groups excluding carboxylic acids is 2. The molecule has 178 valence electrons. The molecule has 0 aromatic heterocycles. The van der Waals surface area contributed by atoms with Crippen molar-refractivity contribution in [2.24, 2.45) is 0 Å². The maximum Gasteiger partial charge on any atom is 0.322 e. The predicted octanol–water partition coefficient (Wildman–Crippen LogP) is 4.26. The molecule has 0 radical (unpaired) electrons. The number of carboxylic acid groups (broad SMARTS) is 1.